The van der Waals surface area contributed by atoms with Crippen LogP contribution in [0.3, 0.4) is 0 Å². The number of nitriles is 2. The van der Waals surface area contributed by atoms with Crippen LogP contribution in [0.25, 0.3) is 60.6 Å². The van der Waals surface area contributed by atoms with E-state index in [1.807, 2.05) is 42.5 Å². The molecule has 0 bridgehead atoms. The number of aromatic nitrogens is 1. The van der Waals surface area contributed by atoms with Gasteiger partial charge in [-0.05, 0) is 48.0 Å². The molecule has 36 heavy (non-hydrogen) atoms. The molecule has 0 atom stereocenters. The zero-order valence-corrected chi connectivity index (χ0v) is 19.1. The molecule has 5 aromatic carbocycles. The quantitative estimate of drug-likeness (QED) is 0.262. The van der Waals surface area contributed by atoms with Gasteiger partial charge < -0.3 is 8.98 Å². The van der Waals surface area contributed by atoms with E-state index >= 15 is 0 Å². The molecule has 0 aliphatic carbocycles. The number of fused-ring (bicyclic) bond motifs is 6. The predicted octanol–water partition coefficient (Wildman–Crippen LogP) is 8.09. The molecule has 0 radical (unpaired) electrons. The van der Waals surface area contributed by atoms with Crippen molar-refractivity contribution in [2.24, 2.45) is 0 Å². The average molecular weight is 460 g/mol. The van der Waals surface area contributed by atoms with Crippen molar-refractivity contribution in [2.75, 3.05) is 0 Å². The number of hydrogen-bond donors (Lipinski definition) is 0. The minimum Gasteiger partial charge on any atom is -0.456 e. The summed E-state index contributed by atoms with van der Waals surface area (Å²) in [6.45, 7) is 0. The number of hydrogen-bond acceptors (Lipinski definition) is 3. The Bertz CT molecular complexity index is 2050. The number of para-hydroxylation sites is 2. The van der Waals surface area contributed by atoms with Gasteiger partial charge in [0.25, 0.3) is 0 Å². The maximum atomic E-state index is 9.85. The van der Waals surface area contributed by atoms with Crippen LogP contribution in [0.5, 0.6) is 0 Å². The molecule has 0 aliphatic heterocycles. The number of rotatable bonds is 2. The van der Waals surface area contributed by atoms with Gasteiger partial charge in [0.05, 0.1) is 34.3 Å². The van der Waals surface area contributed by atoms with Crippen molar-refractivity contribution >= 4 is 43.7 Å². The summed E-state index contributed by atoms with van der Waals surface area (Å²) in [7, 11) is 0. The lowest BCUT2D eigenvalue weighted by molar-refractivity contribution is 0.668. The highest BCUT2D eigenvalue weighted by molar-refractivity contribution is 6.16. The lowest BCUT2D eigenvalue weighted by Crippen LogP contribution is -1.94. The second-order valence-corrected chi connectivity index (χ2v) is 8.78. The molecule has 0 saturated heterocycles. The van der Waals surface area contributed by atoms with E-state index in [0.717, 1.165) is 55.0 Å². The van der Waals surface area contributed by atoms with E-state index in [2.05, 4.69) is 59.2 Å². The van der Waals surface area contributed by atoms with Crippen LogP contribution >= 0.6 is 0 Å². The normalized spacial score (nSPS) is 11.3. The molecule has 0 unspecified atom stereocenters. The molecule has 0 N–H and O–H groups in total. The van der Waals surface area contributed by atoms with Gasteiger partial charge in [-0.2, -0.15) is 10.5 Å². The van der Waals surface area contributed by atoms with Crippen LogP contribution in [-0.2, 0) is 0 Å². The standard InChI is InChI=1S/C32H17N3O/c33-18-20-7-5-8-21(19-34)31(20)26-11-6-13-28-32(26)25-10-1-3-12-27(25)35(28)22-15-16-24-23-9-2-4-14-29(23)36-30(24)17-22/h1-17H. The van der Waals surface area contributed by atoms with Gasteiger partial charge >= 0.3 is 0 Å². The molecular formula is C32H17N3O. The topological polar surface area (TPSA) is 65.7 Å². The molecule has 7 aromatic rings. The van der Waals surface area contributed by atoms with Crippen LogP contribution in [0.2, 0.25) is 0 Å². The molecular weight excluding hydrogens is 442 g/mol. The van der Waals surface area contributed by atoms with E-state index in [9.17, 15) is 10.5 Å². The van der Waals surface area contributed by atoms with Gasteiger partial charge in [-0.15, -0.1) is 0 Å². The number of benzene rings is 5. The molecule has 0 amide bonds. The highest BCUT2D eigenvalue weighted by atomic mass is 16.3. The van der Waals surface area contributed by atoms with Crippen molar-refractivity contribution in [3.05, 3.63) is 114 Å². The largest absolute Gasteiger partial charge is 0.456 e. The Morgan fingerprint density at radius 3 is 2.06 bits per heavy atom. The zero-order valence-electron chi connectivity index (χ0n) is 19.1. The van der Waals surface area contributed by atoms with E-state index in [1.165, 1.54) is 0 Å². The first kappa shape index (κ1) is 20.1. The molecule has 0 aliphatic rings. The van der Waals surface area contributed by atoms with E-state index in [0.29, 0.717) is 16.7 Å². The third-order valence-electron chi connectivity index (χ3n) is 6.89. The molecule has 2 aromatic heterocycles. The average Bonchev–Trinajstić information content (AvgIpc) is 3.47. The van der Waals surface area contributed by atoms with Crippen LogP contribution in [-0.4, -0.2) is 4.57 Å². The summed E-state index contributed by atoms with van der Waals surface area (Å²) >= 11 is 0. The van der Waals surface area contributed by atoms with Gasteiger partial charge in [0, 0.05) is 38.9 Å². The summed E-state index contributed by atoms with van der Waals surface area (Å²) < 4.78 is 8.41. The van der Waals surface area contributed by atoms with Crippen LogP contribution in [0.4, 0.5) is 0 Å². The summed E-state index contributed by atoms with van der Waals surface area (Å²) in [4.78, 5) is 0. The minimum atomic E-state index is 0.488. The van der Waals surface area contributed by atoms with Crippen molar-refractivity contribution in [2.45, 2.75) is 0 Å². The highest BCUT2D eigenvalue weighted by Crippen LogP contribution is 2.41. The first-order valence-electron chi connectivity index (χ1n) is 11.7. The Kier molecular flexibility index (Phi) is 4.24. The summed E-state index contributed by atoms with van der Waals surface area (Å²) in [5.41, 5.74) is 7.25. The van der Waals surface area contributed by atoms with Gasteiger partial charge in [0.15, 0.2) is 0 Å². The molecule has 7 rings (SSSR count). The van der Waals surface area contributed by atoms with Crippen molar-refractivity contribution in [1.82, 2.24) is 4.57 Å². The van der Waals surface area contributed by atoms with Gasteiger partial charge in [-0.3, -0.25) is 0 Å². The van der Waals surface area contributed by atoms with Crippen molar-refractivity contribution in [1.29, 1.82) is 10.5 Å². The Hall–Kier alpha value is -5.32. The van der Waals surface area contributed by atoms with Crippen LogP contribution < -0.4 is 0 Å². The second kappa shape index (κ2) is 7.60. The Morgan fingerprint density at radius 2 is 1.25 bits per heavy atom. The molecule has 0 spiro atoms. The second-order valence-electron chi connectivity index (χ2n) is 8.78. The maximum Gasteiger partial charge on any atom is 0.137 e. The minimum absolute atomic E-state index is 0.488. The molecule has 0 saturated carbocycles. The summed E-state index contributed by atoms with van der Waals surface area (Å²) in [6, 6.07) is 38.6. The first-order chi connectivity index (χ1) is 17.8. The predicted molar refractivity (Wildman–Crippen MR) is 143 cm³/mol. The monoisotopic (exact) mass is 459 g/mol. The number of nitrogens with zero attached hydrogens (tertiary/aromatic N) is 3. The Balaban J connectivity index is 1.59. The fourth-order valence-corrected chi connectivity index (χ4v) is 5.39. The molecule has 4 nitrogen and oxygen atoms in total. The molecule has 166 valence electrons. The van der Waals surface area contributed by atoms with Gasteiger partial charge in [0.1, 0.15) is 11.2 Å². The highest BCUT2D eigenvalue weighted by Gasteiger charge is 2.20. The maximum absolute atomic E-state index is 9.85. The lowest BCUT2D eigenvalue weighted by Gasteiger charge is -2.10. The van der Waals surface area contributed by atoms with Crippen LogP contribution in [0.1, 0.15) is 11.1 Å². The van der Waals surface area contributed by atoms with Crippen LogP contribution in [0, 0.1) is 22.7 Å². The van der Waals surface area contributed by atoms with E-state index < -0.39 is 0 Å². The van der Waals surface area contributed by atoms with E-state index in [1.54, 1.807) is 18.2 Å². The summed E-state index contributed by atoms with van der Waals surface area (Å²) in [6.07, 6.45) is 0. The van der Waals surface area contributed by atoms with Crippen LogP contribution in [0.15, 0.2) is 108 Å². The SMILES string of the molecule is N#Cc1cccc(C#N)c1-c1cccc2c1c1ccccc1n2-c1ccc2c(c1)oc1ccccc12. The van der Waals surface area contributed by atoms with Crippen molar-refractivity contribution < 1.29 is 4.42 Å². The fraction of sp³-hybridized carbons (Fsp3) is 0. The molecule has 0 fully saturated rings. The first-order valence-corrected chi connectivity index (χ1v) is 11.7. The number of furan rings is 1. The summed E-state index contributed by atoms with van der Waals surface area (Å²) in [5.74, 6) is 0. The van der Waals surface area contributed by atoms with Crippen molar-refractivity contribution in [3.63, 3.8) is 0 Å². The molecule has 2 heterocycles. The Morgan fingerprint density at radius 1 is 0.583 bits per heavy atom. The van der Waals surface area contributed by atoms with E-state index in [-0.39, 0.29) is 0 Å². The van der Waals surface area contributed by atoms with Gasteiger partial charge in [-0.25, -0.2) is 0 Å². The lowest BCUT2D eigenvalue weighted by atomic mass is 9.92. The molecule has 4 heteroatoms. The Labute approximate surface area is 206 Å². The summed E-state index contributed by atoms with van der Waals surface area (Å²) in [5, 5.41) is 24.0. The third-order valence-corrected chi connectivity index (χ3v) is 6.89. The smallest absolute Gasteiger partial charge is 0.137 e. The van der Waals surface area contributed by atoms with Gasteiger partial charge in [-0.1, -0.05) is 54.6 Å². The van der Waals surface area contributed by atoms with Crippen molar-refractivity contribution in [3.8, 4) is 29.0 Å². The van der Waals surface area contributed by atoms with Gasteiger partial charge in [0.2, 0.25) is 0 Å². The van der Waals surface area contributed by atoms with E-state index in [4.69, 9.17) is 4.42 Å². The third kappa shape index (κ3) is 2.73. The fourth-order valence-electron chi connectivity index (χ4n) is 5.39. The zero-order chi connectivity index (χ0) is 24.2.